The lowest BCUT2D eigenvalue weighted by molar-refractivity contribution is -0.137. The normalized spacial score (nSPS) is 15.5. The van der Waals surface area contributed by atoms with E-state index < -0.39 is 5.97 Å². The Morgan fingerprint density at radius 1 is 1.42 bits per heavy atom. The van der Waals surface area contributed by atoms with Crippen LogP contribution in [0.15, 0.2) is 17.1 Å². The average molecular weight is 267 g/mol. The third-order valence-corrected chi connectivity index (χ3v) is 2.99. The van der Waals surface area contributed by atoms with E-state index in [4.69, 9.17) is 9.84 Å². The van der Waals surface area contributed by atoms with Gasteiger partial charge in [0.2, 0.25) is 0 Å². The fourth-order valence-corrected chi connectivity index (χ4v) is 1.97. The van der Waals surface area contributed by atoms with Crippen molar-refractivity contribution in [2.75, 3.05) is 31.2 Å². The molecular weight excluding hydrogens is 250 g/mol. The number of ether oxygens (including phenoxy) is 1. The molecule has 7 heteroatoms. The highest BCUT2D eigenvalue weighted by molar-refractivity contribution is 5.66. The second-order valence-corrected chi connectivity index (χ2v) is 4.37. The summed E-state index contributed by atoms with van der Waals surface area (Å²) < 4.78 is 6.55. The Bertz CT molecular complexity index is 494. The first kappa shape index (κ1) is 13.5. The quantitative estimate of drug-likeness (QED) is 0.805. The van der Waals surface area contributed by atoms with E-state index in [0.29, 0.717) is 26.2 Å². The van der Waals surface area contributed by atoms with Crippen molar-refractivity contribution < 1.29 is 14.6 Å². The standard InChI is InChI=1S/C12H17N3O4/c16-11-8-10(14-4-6-19-7-5-14)9-13-15(11)3-1-2-12(17)18/h8-9H,1-7H2,(H,17,18). The molecule has 1 aliphatic heterocycles. The highest BCUT2D eigenvalue weighted by Gasteiger charge is 2.12. The van der Waals surface area contributed by atoms with E-state index in [1.54, 1.807) is 12.3 Å². The first-order valence-electron chi connectivity index (χ1n) is 6.28. The zero-order chi connectivity index (χ0) is 13.7. The number of aliphatic carboxylic acids is 1. The minimum absolute atomic E-state index is 0.0410. The number of rotatable bonds is 5. The predicted octanol–water partition coefficient (Wildman–Crippen LogP) is -0.0553. The Hall–Kier alpha value is -1.89. The molecule has 2 rings (SSSR count). The number of carbonyl (C=O) groups is 1. The summed E-state index contributed by atoms with van der Waals surface area (Å²) in [5.74, 6) is -0.863. The van der Waals surface area contributed by atoms with Gasteiger partial charge in [-0.3, -0.25) is 9.59 Å². The van der Waals surface area contributed by atoms with E-state index >= 15 is 0 Å². The molecule has 2 heterocycles. The fraction of sp³-hybridized carbons (Fsp3) is 0.583. The smallest absolute Gasteiger partial charge is 0.303 e. The molecule has 1 N–H and O–H groups in total. The Balaban J connectivity index is 2.00. The third kappa shape index (κ3) is 3.78. The predicted molar refractivity (Wildman–Crippen MR) is 68.4 cm³/mol. The summed E-state index contributed by atoms with van der Waals surface area (Å²) in [6.45, 7) is 3.15. The van der Waals surface area contributed by atoms with E-state index in [1.807, 2.05) is 0 Å². The summed E-state index contributed by atoms with van der Waals surface area (Å²) in [6.07, 6.45) is 2.09. The summed E-state index contributed by atoms with van der Waals surface area (Å²) in [5, 5.41) is 12.6. The van der Waals surface area contributed by atoms with Crippen LogP contribution in [0.5, 0.6) is 0 Å². The van der Waals surface area contributed by atoms with E-state index in [2.05, 4.69) is 10.00 Å². The van der Waals surface area contributed by atoms with Crippen molar-refractivity contribution in [2.24, 2.45) is 0 Å². The summed E-state index contributed by atoms with van der Waals surface area (Å²) in [6, 6.07) is 1.54. The number of carboxylic acids is 1. The van der Waals surface area contributed by atoms with Crippen LogP contribution in [0.25, 0.3) is 0 Å². The zero-order valence-electron chi connectivity index (χ0n) is 10.6. The summed E-state index contributed by atoms with van der Waals surface area (Å²) in [4.78, 5) is 24.3. The van der Waals surface area contributed by atoms with Gasteiger partial charge in [0.1, 0.15) is 0 Å². The number of hydrogen-bond donors (Lipinski definition) is 1. The molecule has 0 aliphatic carbocycles. The van der Waals surface area contributed by atoms with Crippen molar-refractivity contribution in [2.45, 2.75) is 19.4 Å². The van der Waals surface area contributed by atoms with Gasteiger partial charge in [-0.1, -0.05) is 0 Å². The molecule has 7 nitrogen and oxygen atoms in total. The van der Waals surface area contributed by atoms with Gasteiger partial charge in [0.05, 0.1) is 25.1 Å². The number of aryl methyl sites for hydroxylation is 1. The molecule has 1 aliphatic rings. The van der Waals surface area contributed by atoms with Crippen LogP contribution in [-0.4, -0.2) is 47.2 Å². The van der Waals surface area contributed by atoms with Gasteiger partial charge in [-0.25, -0.2) is 4.68 Å². The lowest BCUT2D eigenvalue weighted by Gasteiger charge is -2.28. The van der Waals surface area contributed by atoms with Crippen LogP contribution in [0.4, 0.5) is 5.69 Å². The van der Waals surface area contributed by atoms with E-state index in [-0.39, 0.29) is 12.0 Å². The molecule has 1 saturated heterocycles. The molecule has 0 amide bonds. The van der Waals surface area contributed by atoms with Gasteiger partial charge >= 0.3 is 5.97 Å². The highest BCUT2D eigenvalue weighted by Crippen LogP contribution is 2.11. The van der Waals surface area contributed by atoms with Crippen LogP contribution in [0, 0.1) is 0 Å². The van der Waals surface area contributed by atoms with Crippen molar-refractivity contribution in [3.8, 4) is 0 Å². The van der Waals surface area contributed by atoms with Gasteiger partial charge in [0, 0.05) is 32.1 Å². The van der Waals surface area contributed by atoms with Crippen LogP contribution in [-0.2, 0) is 16.1 Å². The second-order valence-electron chi connectivity index (χ2n) is 4.37. The van der Waals surface area contributed by atoms with Crippen molar-refractivity contribution in [1.29, 1.82) is 0 Å². The third-order valence-electron chi connectivity index (χ3n) is 2.99. The maximum Gasteiger partial charge on any atom is 0.303 e. The van der Waals surface area contributed by atoms with Gasteiger partial charge < -0.3 is 14.7 Å². The van der Waals surface area contributed by atoms with Gasteiger partial charge in [-0.15, -0.1) is 0 Å². The molecule has 0 aromatic carbocycles. The van der Waals surface area contributed by atoms with Gasteiger partial charge in [0.15, 0.2) is 0 Å². The van der Waals surface area contributed by atoms with Crippen LogP contribution >= 0.6 is 0 Å². The van der Waals surface area contributed by atoms with Crippen molar-refractivity contribution in [3.05, 3.63) is 22.6 Å². The molecule has 1 fully saturated rings. The van der Waals surface area contributed by atoms with Gasteiger partial charge in [-0.05, 0) is 6.42 Å². The van der Waals surface area contributed by atoms with E-state index in [0.717, 1.165) is 18.8 Å². The zero-order valence-corrected chi connectivity index (χ0v) is 10.6. The molecular formula is C12H17N3O4. The maximum atomic E-state index is 11.9. The largest absolute Gasteiger partial charge is 0.481 e. The summed E-state index contributed by atoms with van der Waals surface area (Å²) in [7, 11) is 0. The Labute approximate surface area is 110 Å². The average Bonchev–Trinajstić information content (AvgIpc) is 2.41. The number of anilines is 1. The van der Waals surface area contributed by atoms with Crippen LogP contribution in [0.1, 0.15) is 12.8 Å². The van der Waals surface area contributed by atoms with E-state index in [9.17, 15) is 9.59 Å². The Morgan fingerprint density at radius 3 is 2.79 bits per heavy atom. The lowest BCUT2D eigenvalue weighted by atomic mass is 10.3. The minimum atomic E-state index is -0.863. The van der Waals surface area contributed by atoms with Crippen LogP contribution in [0.3, 0.4) is 0 Å². The molecule has 19 heavy (non-hydrogen) atoms. The molecule has 104 valence electrons. The summed E-state index contributed by atoms with van der Waals surface area (Å²) >= 11 is 0. The molecule has 0 atom stereocenters. The van der Waals surface area contributed by atoms with Crippen molar-refractivity contribution in [1.82, 2.24) is 9.78 Å². The van der Waals surface area contributed by atoms with Crippen molar-refractivity contribution >= 4 is 11.7 Å². The molecule has 0 bridgehead atoms. The molecule has 0 unspecified atom stereocenters. The van der Waals surface area contributed by atoms with Crippen molar-refractivity contribution in [3.63, 3.8) is 0 Å². The summed E-state index contributed by atoms with van der Waals surface area (Å²) in [5.41, 5.74) is 0.595. The number of carboxylic acid groups (broad SMARTS) is 1. The van der Waals surface area contributed by atoms with Crippen LogP contribution < -0.4 is 10.5 Å². The lowest BCUT2D eigenvalue weighted by Crippen LogP contribution is -2.37. The van der Waals surface area contributed by atoms with Gasteiger partial charge in [-0.2, -0.15) is 5.10 Å². The number of hydrogen-bond acceptors (Lipinski definition) is 5. The number of aromatic nitrogens is 2. The minimum Gasteiger partial charge on any atom is -0.481 e. The first-order chi connectivity index (χ1) is 9.16. The molecule has 0 spiro atoms. The molecule has 1 aromatic heterocycles. The fourth-order valence-electron chi connectivity index (χ4n) is 1.97. The SMILES string of the molecule is O=C(O)CCCn1ncc(N2CCOCC2)cc1=O. The number of nitrogens with zero attached hydrogens (tertiary/aromatic N) is 3. The first-order valence-corrected chi connectivity index (χ1v) is 6.28. The second kappa shape index (κ2) is 6.33. The van der Waals surface area contributed by atoms with E-state index in [1.165, 1.54) is 4.68 Å². The topological polar surface area (TPSA) is 84.7 Å². The van der Waals surface area contributed by atoms with Gasteiger partial charge in [0.25, 0.3) is 5.56 Å². The molecule has 0 radical (unpaired) electrons. The highest BCUT2D eigenvalue weighted by atomic mass is 16.5. The Kier molecular flexibility index (Phi) is 4.51. The number of morpholine rings is 1. The molecule has 1 aromatic rings. The molecule has 0 saturated carbocycles. The van der Waals surface area contributed by atoms with Crippen LogP contribution in [0.2, 0.25) is 0 Å². The Morgan fingerprint density at radius 2 is 2.16 bits per heavy atom. The maximum absolute atomic E-state index is 11.9. The monoisotopic (exact) mass is 267 g/mol.